The molecule has 4 aliphatic heterocycles. The van der Waals surface area contributed by atoms with Crippen LogP contribution in [0.5, 0.6) is 23.0 Å². The van der Waals surface area contributed by atoms with Gasteiger partial charge in [-0.3, -0.25) is 0 Å². The minimum atomic E-state index is -0.615. The Bertz CT molecular complexity index is 3850. The summed E-state index contributed by atoms with van der Waals surface area (Å²) in [6, 6.07) is 68.0. The molecule has 0 bridgehead atoms. The molecule has 70 heavy (non-hydrogen) atoms. The number of hydrogen-bond acceptors (Lipinski definition) is 5. The van der Waals surface area contributed by atoms with Crippen LogP contribution >= 0.6 is 11.3 Å². The summed E-state index contributed by atoms with van der Waals surface area (Å²) in [4.78, 5) is 5.32. The minimum absolute atomic E-state index is 0.00870. The van der Waals surface area contributed by atoms with Gasteiger partial charge < -0.3 is 19.2 Å². The molecule has 0 radical (unpaired) electrons. The molecule has 1 aromatic heterocycles. The van der Waals surface area contributed by atoms with Crippen LogP contribution in [0.1, 0.15) is 79.5 Å². The van der Waals surface area contributed by atoms with Gasteiger partial charge in [0.1, 0.15) is 0 Å². The lowest BCUT2D eigenvalue weighted by Gasteiger charge is -2.53. The van der Waals surface area contributed by atoms with Crippen molar-refractivity contribution in [2.24, 2.45) is 0 Å². The van der Waals surface area contributed by atoms with E-state index in [9.17, 15) is 0 Å². The summed E-state index contributed by atoms with van der Waals surface area (Å²) in [5.41, 5.74) is 19.7. The van der Waals surface area contributed by atoms with E-state index in [1.54, 1.807) is 0 Å². The molecule has 15 rings (SSSR count). The second-order valence-electron chi connectivity index (χ2n) is 21.4. The second kappa shape index (κ2) is 14.1. The molecule has 0 atom stereocenters. The zero-order valence-electron chi connectivity index (χ0n) is 39.9. The first-order valence-electron chi connectivity index (χ1n) is 24.8. The Labute approximate surface area is 413 Å². The Kier molecular flexibility index (Phi) is 8.10. The molecule has 5 heterocycles. The predicted molar refractivity (Wildman–Crippen MR) is 292 cm³/mol. The van der Waals surface area contributed by atoms with Crippen LogP contribution in [0.3, 0.4) is 0 Å². The summed E-state index contributed by atoms with van der Waals surface area (Å²) in [6.07, 6.45) is 2.30. The highest BCUT2D eigenvalue weighted by Gasteiger charge is 2.54. The van der Waals surface area contributed by atoms with Crippen LogP contribution in [0.25, 0.3) is 31.3 Å². The van der Waals surface area contributed by atoms with Crippen molar-refractivity contribution >= 4 is 77.7 Å². The van der Waals surface area contributed by atoms with Crippen molar-refractivity contribution in [3.8, 4) is 34.1 Å². The van der Waals surface area contributed by atoms with E-state index in [1.165, 1.54) is 104 Å². The number of aryl methyl sites for hydroxylation is 1. The Morgan fingerprint density at radius 2 is 1.11 bits per heavy atom. The minimum Gasteiger partial charge on any atom is -0.450 e. The Morgan fingerprint density at radius 1 is 0.500 bits per heavy atom. The Morgan fingerprint density at radius 3 is 1.84 bits per heavy atom. The number of hydrogen-bond donors (Lipinski definition) is 0. The van der Waals surface area contributed by atoms with Gasteiger partial charge in [-0.2, -0.15) is 0 Å². The molecule has 0 spiro atoms. The first-order valence-corrected chi connectivity index (χ1v) is 25.6. The summed E-state index contributed by atoms with van der Waals surface area (Å²) < 4.78 is 16.4. The lowest BCUT2D eigenvalue weighted by Crippen LogP contribution is -2.63. The van der Waals surface area contributed by atoms with Crippen molar-refractivity contribution in [3.63, 3.8) is 0 Å². The zero-order chi connectivity index (χ0) is 46.8. The van der Waals surface area contributed by atoms with E-state index >= 15 is 0 Å². The van der Waals surface area contributed by atoms with Crippen LogP contribution < -0.4 is 30.1 Å². The van der Waals surface area contributed by atoms with Gasteiger partial charge in [-0.05, 0) is 123 Å². The molecule has 0 unspecified atom stereocenters. The quantitative estimate of drug-likeness (QED) is 0.165. The fourth-order valence-corrected chi connectivity index (χ4v) is 14.6. The third kappa shape index (κ3) is 5.22. The van der Waals surface area contributed by atoms with Crippen molar-refractivity contribution in [1.29, 1.82) is 0 Å². The molecule has 10 aromatic rings. The van der Waals surface area contributed by atoms with E-state index in [1.807, 2.05) is 35.6 Å². The van der Waals surface area contributed by atoms with Crippen LogP contribution in [-0.4, -0.2) is 6.85 Å². The van der Waals surface area contributed by atoms with Crippen molar-refractivity contribution in [3.05, 3.63) is 221 Å². The van der Waals surface area contributed by atoms with E-state index in [0.29, 0.717) is 5.75 Å². The maximum Gasteiger partial charge on any atom is 0.333 e. The van der Waals surface area contributed by atoms with Gasteiger partial charge in [0, 0.05) is 65.8 Å². The monoisotopic (exact) mass is 920 g/mol. The van der Waals surface area contributed by atoms with Crippen LogP contribution in [-0.2, 0) is 16.2 Å². The van der Waals surface area contributed by atoms with E-state index < -0.39 is 5.41 Å². The predicted octanol–water partition coefficient (Wildman–Crippen LogP) is 16.0. The van der Waals surface area contributed by atoms with E-state index in [4.69, 9.17) is 9.47 Å². The highest BCUT2D eigenvalue weighted by atomic mass is 32.1. The Balaban J connectivity index is 1.12. The topological polar surface area (TPSA) is 24.9 Å². The number of ether oxygens (including phenoxy) is 2. The average Bonchev–Trinajstić information content (AvgIpc) is 3.76. The molecule has 0 saturated carbocycles. The van der Waals surface area contributed by atoms with Gasteiger partial charge in [-0.15, -0.1) is 11.3 Å². The van der Waals surface area contributed by atoms with Crippen LogP contribution in [0.2, 0.25) is 0 Å². The molecule has 1 aliphatic carbocycles. The first kappa shape index (κ1) is 40.4. The number of rotatable bonds is 3. The normalized spacial score (nSPS) is 16.7. The van der Waals surface area contributed by atoms with Gasteiger partial charge >= 0.3 is 6.85 Å². The second-order valence-corrected chi connectivity index (χ2v) is 22.5. The number of thiophene rings is 1. The molecule has 336 valence electrons. The van der Waals surface area contributed by atoms with Crippen LogP contribution in [0.4, 0.5) is 28.4 Å². The number of anilines is 5. The maximum atomic E-state index is 6.91. The van der Waals surface area contributed by atoms with Gasteiger partial charge in [-0.1, -0.05) is 161 Å². The van der Waals surface area contributed by atoms with E-state index in [2.05, 4.69) is 202 Å². The lowest BCUT2D eigenvalue weighted by molar-refractivity contribution is 0.332. The molecule has 4 nitrogen and oxygen atoms in total. The fraction of sp³-hybridized carbons (Fsp3) is 0.156. The van der Waals surface area contributed by atoms with Gasteiger partial charge in [0.15, 0.2) is 23.0 Å². The van der Waals surface area contributed by atoms with Crippen molar-refractivity contribution in [2.45, 2.75) is 63.7 Å². The molecule has 0 amide bonds. The highest BCUT2D eigenvalue weighted by Crippen LogP contribution is 2.62. The summed E-state index contributed by atoms with van der Waals surface area (Å²) in [7, 11) is 0. The largest absolute Gasteiger partial charge is 0.450 e. The molecule has 6 heteroatoms. The molecule has 0 fully saturated rings. The van der Waals surface area contributed by atoms with Gasteiger partial charge in [0.05, 0.1) is 5.41 Å². The Hall–Kier alpha value is -7.54. The molecule has 9 aromatic carbocycles. The number of para-hydroxylation sites is 4. The standard InChI is InChI=1S/C64H49BN2O2S/c1-38-33-46-47(63(4,5)32-31-62(46,2)3)35-50(38)66-51-37-56-55(68-53-28-15-16-29-54(53)69-56)36-48(51)65-59-52(66)34-43-41-23-12-17-30-57(41)70-61(43)58(59)42-24-18-26-45-60(42)67(65)49-27-14-13-25-44(49)64(45,39-19-8-6-9-20-39)40-21-10-7-11-22-40/h6-30,33-37H,31-32H2,1-5H3. The molecule has 5 aliphatic rings. The number of fused-ring (bicyclic) bond motifs is 13. The summed E-state index contributed by atoms with van der Waals surface area (Å²) >= 11 is 1.93. The first-order chi connectivity index (χ1) is 34.1. The van der Waals surface area contributed by atoms with Crippen molar-refractivity contribution in [1.82, 2.24) is 0 Å². The third-order valence-corrected chi connectivity index (χ3v) is 17.9. The zero-order valence-corrected chi connectivity index (χ0v) is 40.7. The lowest BCUT2D eigenvalue weighted by atomic mass is 9.42. The summed E-state index contributed by atoms with van der Waals surface area (Å²) in [6.45, 7) is 11.8. The molecular formula is C64H49BN2O2S. The fourth-order valence-electron chi connectivity index (χ4n) is 13.4. The van der Waals surface area contributed by atoms with Crippen LogP contribution in [0.15, 0.2) is 182 Å². The van der Waals surface area contributed by atoms with Crippen molar-refractivity contribution < 1.29 is 9.47 Å². The SMILES string of the molecule is Cc1cc2c(cc1N1c3cc4c(cc3B3c5c1cc1c(sc6ccccc61)c5-c1cccc5c1N3c1ccccc1C5(c1ccccc1)c1ccccc1)Oc1ccccc1O4)C(C)(C)CCC2(C)C. The summed E-state index contributed by atoms with van der Waals surface area (Å²) in [5.74, 6) is 2.89. The maximum absolute atomic E-state index is 6.91. The smallest absolute Gasteiger partial charge is 0.333 e. The average molecular weight is 921 g/mol. The van der Waals surface area contributed by atoms with Gasteiger partial charge in [-0.25, -0.2) is 0 Å². The van der Waals surface area contributed by atoms with Gasteiger partial charge in [0.2, 0.25) is 0 Å². The van der Waals surface area contributed by atoms with Gasteiger partial charge in [0.25, 0.3) is 0 Å². The molecule has 0 saturated heterocycles. The van der Waals surface area contributed by atoms with E-state index in [0.717, 1.165) is 35.8 Å². The number of nitrogens with zero attached hydrogens (tertiary/aromatic N) is 2. The van der Waals surface area contributed by atoms with Crippen molar-refractivity contribution in [2.75, 3.05) is 9.71 Å². The summed E-state index contributed by atoms with van der Waals surface area (Å²) in [5, 5.41) is 2.57. The highest BCUT2D eigenvalue weighted by molar-refractivity contribution is 7.26. The van der Waals surface area contributed by atoms with E-state index in [-0.39, 0.29) is 17.7 Å². The third-order valence-electron chi connectivity index (χ3n) is 16.7. The molecule has 0 N–H and O–H groups in total. The van der Waals surface area contributed by atoms with Crippen LogP contribution in [0, 0.1) is 6.92 Å². The number of benzene rings is 9. The molecular weight excluding hydrogens is 872 g/mol.